The molecular formula is C24H19N3O5S. The standard InChI is InChI=1S/C24H19N3O5S/c1-31-16-10-7-14(8-11-16)21(28)26-24(33)25-15-9-12-19(20(13-15)32-2)27-22(29)17-5-3-4-6-18(17)23(27)30/h3-13H,1-2H3,(H2,25,26,28,33). The second kappa shape index (κ2) is 9.09. The van der Waals surface area contributed by atoms with Crippen molar-refractivity contribution in [2.75, 3.05) is 24.4 Å². The second-order valence-corrected chi connectivity index (χ2v) is 7.42. The average molecular weight is 461 g/mol. The molecule has 1 aliphatic rings. The fraction of sp³-hybridized carbons (Fsp3) is 0.0833. The maximum Gasteiger partial charge on any atom is 0.266 e. The van der Waals surface area contributed by atoms with Crippen LogP contribution in [0.4, 0.5) is 11.4 Å². The zero-order valence-corrected chi connectivity index (χ0v) is 18.6. The fourth-order valence-corrected chi connectivity index (χ4v) is 3.64. The number of benzene rings is 3. The summed E-state index contributed by atoms with van der Waals surface area (Å²) in [6.45, 7) is 0. The zero-order valence-electron chi connectivity index (χ0n) is 17.7. The van der Waals surface area contributed by atoms with Crippen LogP contribution in [0.25, 0.3) is 0 Å². The molecule has 0 aliphatic carbocycles. The van der Waals surface area contributed by atoms with Gasteiger partial charge >= 0.3 is 0 Å². The molecule has 2 N–H and O–H groups in total. The van der Waals surface area contributed by atoms with Crippen LogP contribution in [0.3, 0.4) is 0 Å². The van der Waals surface area contributed by atoms with Crippen molar-refractivity contribution in [1.29, 1.82) is 0 Å². The molecule has 0 bridgehead atoms. The molecule has 0 aromatic heterocycles. The number of hydrogen-bond acceptors (Lipinski definition) is 6. The molecule has 0 saturated carbocycles. The molecule has 166 valence electrons. The number of carbonyl (C=O) groups is 3. The second-order valence-electron chi connectivity index (χ2n) is 7.01. The van der Waals surface area contributed by atoms with Crippen LogP contribution in [0.2, 0.25) is 0 Å². The number of thiocarbonyl (C=S) groups is 1. The number of hydrogen-bond donors (Lipinski definition) is 2. The average Bonchev–Trinajstić information content (AvgIpc) is 3.09. The molecule has 4 rings (SSSR count). The van der Waals surface area contributed by atoms with Crippen molar-refractivity contribution < 1.29 is 23.9 Å². The van der Waals surface area contributed by atoms with Gasteiger partial charge in [0.05, 0.1) is 31.0 Å². The van der Waals surface area contributed by atoms with Gasteiger partial charge < -0.3 is 14.8 Å². The minimum Gasteiger partial charge on any atom is -0.497 e. The molecule has 0 saturated heterocycles. The summed E-state index contributed by atoms with van der Waals surface area (Å²) in [6, 6.07) is 18.0. The highest BCUT2D eigenvalue weighted by Crippen LogP contribution is 2.36. The predicted octanol–water partition coefficient (Wildman–Crippen LogP) is 3.63. The Kier molecular flexibility index (Phi) is 6.05. The van der Waals surface area contributed by atoms with Gasteiger partial charge in [0.15, 0.2) is 5.11 Å². The summed E-state index contributed by atoms with van der Waals surface area (Å²) in [5.74, 6) is -0.296. The lowest BCUT2D eigenvalue weighted by atomic mass is 10.1. The molecule has 9 heteroatoms. The molecule has 8 nitrogen and oxygen atoms in total. The Hall–Kier alpha value is -4.24. The van der Waals surface area contributed by atoms with Gasteiger partial charge in [-0.2, -0.15) is 0 Å². The van der Waals surface area contributed by atoms with Gasteiger partial charge in [0.1, 0.15) is 11.5 Å². The van der Waals surface area contributed by atoms with E-state index in [9.17, 15) is 14.4 Å². The Morgan fingerprint density at radius 3 is 2.09 bits per heavy atom. The minimum atomic E-state index is -0.420. The first kappa shape index (κ1) is 22.0. The van der Waals surface area contributed by atoms with Crippen molar-refractivity contribution in [3.8, 4) is 11.5 Å². The number of rotatable bonds is 5. The van der Waals surface area contributed by atoms with Crippen molar-refractivity contribution in [3.63, 3.8) is 0 Å². The number of ether oxygens (including phenoxy) is 2. The summed E-state index contributed by atoms with van der Waals surface area (Å²) < 4.78 is 10.5. The smallest absolute Gasteiger partial charge is 0.266 e. The van der Waals surface area contributed by atoms with Crippen LogP contribution in [0, 0.1) is 0 Å². The highest BCUT2D eigenvalue weighted by atomic mass is 32.1. The Morgan fingerprint density at radius 2 is 1.52 bits per heavy atom. The lowest BCUT2D eigenvalue weighted by molar-refractivity contribution is 0.0922. The van der Waals surface area contributed by atoms with Crippen molar-refractivity contribution in [2.45, 2.75) is 0 Å². The van der Waals surface area contributed by atoms with Crippen LogP contribution in [-0.2, 0) is 0 Å². The molecule has 0 spiro atoms. The number of methoxy groups -OCH3 is 2. The van der Waals surface area contributed by atoms with Crippen LogP contribution in [0.5, 0.6) is 11.5 Å². The lowest BCUT2D eigenvalue weighted by Crippen LogP contribution is -2.34. The highest BCUT2D eigenvalue weighted by Gasteiger charge is 2.37. The Balaban J connectivity index is 1.49. The normalized spacial score (nSPS) is 12.2. The van der Waals surface area contributed by atoms with Gasteiger partial charge in [0, 0.05) is 17.3 Å². The van der Waals surface area contributed by atoms with E-state index in [1.165, 1.54) is 7.11 Å². The summed E-state index contributed by atoms with van der Waals surface area (Å²) in [5, 5.41) is 5.58. The number of carbonyl (C=O) groups excluding carboxylic acids is 3. The highest BCUT2D eigenvalue weighted by molar-refractivity contribution is 7.80. The van der Waals surface area contributed by atoms with Crippen LogP contribution in [0.1, 0.15) is 31.1 Å². The number of anilines is 2. The molecule has 3 aromatic rings. The van der Waals surface area contributed by atoms with Gasteiger partial charge in [-0.15, -0.1) is 0 Å². The van der Waals surface area contributed by atoms with Crippen LogP contribution >= 0.6 is 12.2 Å². The molecule has 0 fully saturated rings. The van der Waals surface area contributed by atoms with Crippen LogP contribution in [-0.4, -0.2) is 37.1 Å². The Morgan fingerprint density at radius 1 is 0.879 bits per heavy atom. The summed E-state index contributed by atoms with van der Waals surface area (Å²) in [4.78, 5) is 39.1. The van der Waals surface area contributed by atoms with E-state index >= 15 is 0 Å². The molecule has 3 aromatic carbocycles. The fourth-order valence-electron chi connectivity index (χ4n) is 3.43. The molecule has 0 unspecified atom stereocenters. The topological polar surface area (TPSA) is 97.0 Å². The number of fused-ring (bicyclic) bond motifs is 1. The predicted molar refractivity (Wildman–Crippen MR) is 127 cm³/mol. The number of imide groups is 1. The van der Waals surface area contributed by atoms with Gasteiger partial charge in [-0.1, -0.05) is 12.1 Å². The third kappa shape index (κ3) is 4.26. The third-order valence-corrected chi connectivity index (χ3v) is 5.26. The quantitative estimate of drug-likeness (QED) is 0.442. The molecule has 3 amide bonds. The minimum absolute atomic E-state index is 0.0753. The van der Waals surface area contributed by atoms with Crippen molar-refractivity contribution >= 4 is 46.4 Å². The van der Waals surface area contributed by atoms with E-state index in [1.54, 1.807) is 73.8 Å². The first-order valence-electron chi connectivity index (χ1n) is 9.85. The van der Waals surface area contributed by atoms with E-state index in [4.69, 9.17) is 21.7 Å². The van der Waals surface area contributed by atoms with Gasteiger partial charge in [0.25, 0.3) is 17.7 Å². The summed E-state index contributed by atoms with van der Waals surface area (Å²) >= 11 is 5.24. The number of amides is 3. The number of nitrogens with zero attached hydrogens (tertiary/aromatic N) is 1. The van der Waals surface area contributed by atoms with E-state index in [2.05, 4.69) is 10.6 Å². The van der Waals surface area contributed by atoms with Gasteiger partial charge in [-0.25, -0.2) is 4.90 Å². The first-order valence-corrected chi connectivity index (χ1v) is 10.3. The lowest BCUT2D eigenvalue weighted by Gasteiger charge is -2.19. The Bertz CT molecular complexity index is 1240. The van der Waals surface area contributed by atoms with Gasteiger partial charge in [0.2, 0.25) is 0 Å². The SMILES string of the molecule is COc1ccc(C(=O)NC(=S)Nc2ccc(N3C(=O)c4ccccc4C3=O)c(OC)c2)cc1. The van der Waals surface area contributed by atoms with E-state index in [0.717, 1.165) is 4.90 Å². The number of nitrogens with one attached hydrogen (secondary N) is 2. The van der Waals surface area contributed by atoms with E-state index < -0.39 is 11.8 Å². The van der Waals surface area contributed by atoms with Gasteiger partial charge in [-0.3, -0.25) is 19.7 Å². The zero-order chi connectivity index (χ0) is 23.5. The maximum atomic E-state index is 12.8. The molecule has 1 heterocycles. The molecule has 1 aliphatic heterocycles. The summed E-state index contributed by atoms with van der Waals surface area (Å²) in [6.07, 6.45) is 0. The van der Waals surface area contributed by atoms with Crippen molar-refractivity contribution in [1.82, 2.24) is 5.32 Å². The monoisotopic (exact) mass is 461 g/mol. The maximum absolute atomic E-state index is 12.8. The van der Waals surface area contributed by atoms with Crippen molar-refractivity contribution in [3.05, 3.63) is 83.4 Å². The Labute approximate surface area is 195 Å². The molecular weight excluding hydrogens is 442 g/mol. The van der Waals surface area contributed by atoms with E-state index in [0.29, 0.717) is 39.6 Å². The van der Waals surface area contributed by atoms with Gasteiger partial charge in [-0.05, 0) is 60.7 Å². The van der Waals surface area contributed by atoms with Crippen LogP contribution in [0.15, 0.2) is 66.7 Å². The molecule has 0 atom stereocenters. The molecule has 0 radical (unpaired) electrons. The first-order chi connectivity index (χ1) is 15.9. The van der Waals surface area contributed by atoms with E-state index in [1.807, 2.05) is 0 Å². The van der Waals surface area contributed by atoms with E-state index in [-0.39, 0.29) is 11.0 Å². The summed E-state index contributed by atoms with van der Waals surface area (Å²) in [7, 11) is 2.98. The largest absolute Gasteiger partial charge is 0.497 e. The molecule has 33 heavy (non-hydrogen) atoms. The third-order valence-electron chi connectivity index (χ3n) is 5.05. The van der Waals surface area contributed by atoms with Crippen molar-refractivity contribution in [2.24, 2.45) is 0 Å². The van der Waals surface area contributed by atoms with Crippen LogP contribution < -0.4 is 25.0 Å². The summed E-state index contributed by atoms with van der Waals surface area (Å²) in [5.41, 5.74) is 1.91.